The average Bonchev–Trinajstić information content (AvgIpc) is 1.57. The third kappa shape index (κ3) is 21.1. The molecule has 3 aliphatic rings. The van der Waals surface area contributed by atoms with E-state index in [4.69, 9.17) is 14.2 Å². The third-order valence-electron chi connectivity index (χ3n) is 18.1. The monoisotopic (exact) mass is 1300 g/mol. The van der Waals surface area contributed by atoms with Crippen LogP contribution in [0.5, 0.6) is 0 Å². The number of fused-ring (bicyclic) bond motifs is 3. The Kier molecular flexibility index (Phi) is 31.7. The van der Waals surface area contributed by atoms with Crippen molar-refractivity contribution >= 4 is 65.0 Å². The maximum atomic E-state index is 15.2. The minimum atomic E-state index is -1.34. The van der Waals surface area contributed by atoms with Gasteiger partial charge in [-0.15, -0.1) is 0 Å². The number of likely N-dealkylation sites (N-methyl/N-ethyl adjacent to an activating group) is 7. The van der Waals surface area contributed by atoms with E-state index >= 15 is 24.0 Å². The van der Waals surface area contributed by atoms with Crippen LogP contribution in [0.2, 0.25) is 0 Å². The number of carbonyl (C=O) groups excluding carboxylic acids is 11. The van der Waals surface area contributed by atoms with Gasteiger partial charge in [-0.3, -0.25) is 57.6 Å². The van der Waals surface area contributed by atoms with E-state index in [0.717, 1.165) is 4.90 Å². The summed E-state index contributed by atoms with van der Waals surface area (Å²) in [4.78, 5) is 174. The number of hydrogen-bond acceptors (Lipinski definition) is 15. The molecule has 524 valence electrons. The van der Waals surface area contributed by atoms with Gasteiger partial charge in [0.2, 0.25) is 65.0 Å². The van der Waals surface area contributed by atoms with Crippen molar-refractivity contribution in [1.82, 2.24) is 60.5 Å². The van der Waals surface area contributed by atoms with Crippen LogP contribution in [0.1, 0.15) is 136 Å². The van der Waals surface area contributed by atoms with Crippen molar-refractivity contribution in [2.45, 2.75) is 215 Å². The molecule has 3 heterocycles. The molecule has 3 fully saturated rings. The summed E-state index contributed by atoms with van der Waals surface area (Å²) >= 11 is 0. The van der Waals surface area contributed by atoms with E-state index < -0.39 is 162 Å². The second-order valence-electron chi connectivity index (χ2n) is 27.6. The molecule has 26 heteroatoms. The Balaban J connectivity index is 2.32. The molecule has 0 aromatic rings. The molecule has 3 aliphatic heterocycles. The van der Waals surface area contributed by atoms with Crippen molar-refractivity contribution in [3.8, 4) is 0 Å². The number of rotatable bonds is 16. The lowest BCUT2D eigenvalue weighted by atomic mass is 9.92. The lowest BCUT2D eigenvalue weighted by molar-refractivity contribution is -0.155. The van der Waals surface area contributed by atoms with Crippen LogP contribution in [-0.4, -0.2) is 279 Å². The Morgan fingerprint density at radius 3 is 1.62 bits per heavy atom. The molecule has 15 unspecified atom stereocenters. The third-order valence-corrected chi connectivity index (χ3v) is 18.1. The van der Waals surface area contributed by atoms with Gasteiger partial charge in [0.25, 0.3) is 0 Å². The molecule has 0 saturated carbocycles. The smallest absolute Gasteiger partial charge is 0.248 e. The lowest BCUT2D eigenvalue weighted by Gasteiger charge is -2.39. The molecule has 0 spiro atoms. The quantitative estimate of drug-likeness (QED) is 0.161. The van der Waals surface area contributed by atoms with Gasteiger partial charge in [0.05, 0.1) is 38.1 Å². The van der Waals surface area contributed by atoms with Crippen LogP contribution < -0.4 is 21.3 Å². The van der Waals surface area contributed by atoms with Crippen molar-refractivity contribution in [3.63, 3.8) is 0 Å². The number of hydrogen-bond donors (Lipinski definition) is 4. The van der Waals surface area contributed by atoms with E-state index in [1.54, 1.807) is 34.8 Å². The fourth-order valence-corrected chi connectivity index (χ4v) is 12.6. The van der Waals surface area contributed by atoms with E-state index in [1.165, 1.54) is 92.6 Å². The first-order valence-electron chi connectivity index (χ1n) is 33.0. The molecular formula is C66H116N12O14. The van der Waals surface area contributed by atoms with Crippen molar-refractivity contribution < 1.29 is 67.0 Å². The SMILES string of the molecule is CC=CCC(C)C1OC(C)C2C(=O)N(C)C1C(=O)NC(CC)C(=O)N(C)CC(=O)N(C)C(C(C)CN1CCOC(COC)C1)C(=O)NC(C(C)C)C(=O)N(C)C(CC(C)C)C(=O)NC(C)C(=O)NC(C)C(=O)N(C)C(CC(C)C)C(=O)N(C)C(CC(C)C)C(=O)N2C. The van der Waals surface area contributed by atoms with Crippen LogP contribution in [0.25, 0.3) is 0 Å². The molecule has 92 heavy (non-hydrogen) atoms. The van der Waals surface area contributed by atoms with Gasteiger partial charge in [-0.1, -0.05) is 88.3 Å². The largest absolute Gasteiger partial charge is 0.382 e. The van der Waals surface area contributed by atoms with Gasteiger partial charge in [0.1, 0.15) is 60.4 Å². The number of methoxy groups -OCH3 is 1. The normalized spacial score (nSPS) is 29.9. The molecule has 11 amide bonds. The van der Waals surface area contributed by atoms with Crippen LogP contribution in [0.4, 0.5) is 0 Å². The van der Waals surface area contributed by atoms with Crippen LogP contribution in [0.15, 0.2) is 12.2 Å². The first-order chi connectivity index (χ1) is 42.9. The standard InChI is InChI=1S/C66H116N12O14/c1-24-26-27-41(11)56-55-60(83)69-47(25-2)62(85)71(16)35-51(79)75(20)53(42(12)33-78-28-29-91-46(34-78)36-90-23)59(82)70-52(40(9)10)65(88)72(17)48(30-37(3)4)58(81)67-43(13)57(80)68-44(14)61(84)73(18)49(31-38(5)6)63(86)74(19)50(32-39(7)8)64(87)76(21)54(45(15)92-56)66(89)77(55)22/h24,26,37-50,52-56H,25,27-36H2,1-23H3,(H,67,81)(H,68,80)(H,69,83)(H,70,82). The minimum Gasteiger partial charge on any atom is -0.382 e. The fourth-order valence-electron chi connectivity index (χ4n) is 12.6. The number of morpholine rings is 1. The average molecular weight is 1300 g/mol. The summed E-state index contributed by atoms with van der Waals surface area (Å²) in [6.45, 7) is 28.0. The van der Waals surface area contributed by atoms with Crippen LogP contribution in [0.3, 0.4) is 0 Å². The highest BCUT2D eigenvalue weighted by Gasteiger charge is 2.50. The van der Waals surface area contributed by atoms with Crippen molar-refractivity contribution in [2.75, 3.05) is 95.8 Å². The highest BCUT2D eigenvalue weighted by molar-refractivity contribution is 6.00. The second-order valence-corrected chi connectivity index (χ2v) is 27.6. The van der Waals surface area contributed by atoms with Gasteiger partial charge >= 0.3 is 0 Å². The Bertz CT molecular complexity index is 2570. The molecule has 15 atom stereocenters. The zero-order valence-electron chi connectivity index (χ0n) is 59.7. The molecule has 0 aliphatic carbocycles. The van der Waals surface area contributed by atoms with E-state index in [9.17, 15) is 28.8 Å². The van der Waals surface area contributed by atoms with Gasteiger partial charge in [0.15, 0.2) is 0 Å². The summed E-state index contributed by atoms with van der Waals surface area (Å²) in [6, 6.07) is -12.3. The zero-order chi connectivity index (χ0) is 70.1. The number of carbonyl (C=O) groups is 11. The molecular weight excluding hydrogens is 1180 g/mol. The summed E-state index contributed by atoms with van der Waals surface area (Å²) in [5.74, 6) is -9.17. The zero-order valence-corrected chi connectivity index (χ0v) is 59.7. The summed E-state index contributed by atoms with van der Waals surface area (Å²) in [5.41, 5.74) is 0. The Hall–Kier alpha value is -6.25. The predicted octanol–water partition coefficient (Wildman–Crippen LogP) is 1.98. The van der Waals surface area contributed by atoms with E-state index in [1.807, 2.05) is 74.5 Å². The highest BCUT2D eigenvalue weighted by Crippen LogP contribution is 2.30. The van der Waals surface area contributed by atoms with Gasteiger partial charge in [-0.25, -0.2) is 0 Å². The number of nitrogens with zero attached hydrogens (tertiary/aromatic N) is 8. The molecule has 2 bridgehead atoms. The topological polar surface area (TPSA) is 290 Å². The number of nitrogens with one attached hydrogen (secondary N) is 4. The van der Waals surface area contributed by atoms with Gasteiger partial charge in [-0.2, -0.15) is 0 Å². The van der Waals surface area contributed by atoms with Crippen LogP contribution in [0, 0.1) is 35.5 Å². The van der Waals surface area contributed by atoms with Crippen LogP contribution >= 0.6 is 0 Å². The van der Waals surface area contributed by atoms with Crippen molar-refractivity contribution in [2.24, 2.45) is 35.5 Å². The Morgan fingerprint density at radius 1 is 0.565 bits per heavy atom. The van der Waals surface area contributed by atoms with Crippen LogP contribution in [-0.2, 0) is 67.0 Å². The maximum Gasteiger partial charge on any atom is 0.248 e. The molecule has 26 nitrogen and oxygen atoms in total. The number of ether oxygens (including phenoxy) is 3. The minimum absolute atomic E-state index is 0.0577. The lowest BCUT2D eigenvalue weighted by Crippen LogP contribution is -2.62. The second kappa shape index (κ2) is 36.4. The van der Waals surface area contributed by atoms with E-state index in [2.05, 4.69) is 26.2 Å². The van der Waals surface area contributed by atoms with Gasteiger partial charge in [-0.05, 0) is 95.3 Å². The first kappa shape index (κ1) is 80.0. The molecule has 0 aromatic heterocycles. The molecule has 0 aromatic carbocycles. The summed E-state index contributed by atoms with van der Waals surface area (Å²) in [6.07, 6.45) is 2.46. The molecule has 0 radical (unpaired) electrons. The maximum absolute atomic E-state index is 15.2. The number of amides is 11. The van der Waals surface area contributed by atoms with Gasteiger partial charge < -0.3 is 69.8 Å². The highest BCUT2D eigenvalue weighted by atomic mass is 16.5. The predicted molar refractivity (Wildman–Crippen MR) is 350 cm³/mol. The van der Waals surface area contributed by atoms with E-state index in [0.29, 0.717) is 39.3 Å². The fraction of sp³-hybridized carbons (Fsp3) is 0.803. The molecule has 4 N–H and O–H groups in total. The van der Waals surface area contributed by atoms with E-state index in [-0.39, 0.29) is 49.5 Å². The molecule has 3 rings (SSSR count). The first-order valence-corrected chi connectivity index (χ1v) is 33.0. The Labute approximate surface area is 548 Å². The molecule has 3 saturated heterocycles. The van der Waals surface area contributed by atoms with Gasteiger partial charge in [0, 0.05) is 76.1 Å². The summed E-state index contributed by atoms with van der Waals surface area (Å²) in [7, 11) is 11.7. The number of allylic oxidation sites excluding steroid dienone is 2. The summed E-state index contributed by atoms with van der Waals surface area (Å²) in [5, 5.41) is 11.2. The Morgan fingerprint density at radius 2 is 1.09 bits per heavy atom. The summed E-state index contributed by atoms with van der Waals surface area (Å²) < 4.78 is 18.1. The van der Waals surface area contributed by atoms with Crippen molar-refractivity contribution in [1.29, 1.82) is 0 Å². The van der Waals surface area contributed by atoms with Crippen molar-refractivity contribution in [3.05, 3.63) is 12.2 Å².